The maximum Gasteiger partial charge on any atom is 0.160 e. The van der Waals surface area contributed by atoms with Crippen LogP contribution < -0.4 is 0 Å². The Morgan fingerprint density at radius 1 is 1.82 bits per heavy atom. The molecule has 0 bridgehead atoms. The van der Waals surface area contributed by atoms with E-state index in [9.17, 15) is 4.79 Å². The molecule has 2 aliphatic heterocycles. The van der Waals surface area contributed by atoms with Crippen molar-refractivity contribution in [2.45, 2.75) is 13.0 Å². The van der Waals surface area contributed by atoms with Crippen LogP contribution in [0.15, 0.2) is 4.99 Å². The van der Waals surface area contributed by atoms with Gasteiger partial charge in [-0.1, -0.05) is 11.8 Å². The maximum absolute atomic E-state index is 10.9. The molecule has 2 aliphatic rings. The van der Waals surface area contributed by atoms with Crippen molar-refractivity contribution < 1.29 is 4.79 Å². The molecule has 60 valence electrons. The summed E-state index contributed by atoms with van der Waals surface area (Å²) in [5, 5.41) is 1.07. The number of fused-ring (bicyclic) bond motifs is 1. The number of Topliss-reactive ketones (excluding diaryl/α,β-unsaturated/α-hetero) is 1. The third-order valence-corrected chi connectivity index (χ3v) is 3.00. The molecule has 0 N–H and O–H groups in total. The van der Waals surface area contributed by atoms with E-state index in [0.717, 1.165) is 24.0 Å². The van der Waals surface area contributed by atoms with Crippen LogP contribution >= 0.6 is 11.8 Å². The summed E-state index contributed by atoms with van der Waals surface area (Å²) in [5.74, 6) is 1.32. The quantitative estimate of drug-likeness (QED) is 0.569. The van der Waals surface area contributed by atoms with Crippen molar-refractivity contribution in [3.63, 3.8) is 0 Å². The van der Waals surface area contributed by atoms with E-state index in [1.54, 1.807) is 18.7 Å². The molecule has 0 aliphatic carbocycles. The van der Waals surface area contributed by atoms with Crippen LogP contribution in [-0.2, 0) is 4.79 Å². The van der Waals surface area contributed by atoms with Gasteiger partial charge in [-0.05, 0) is 6.92 Å². The molecule has 2 heterocycles. The lowest BCUT2D eigenvalue weighted by molar-refractivity contribution is -0.118. The van der Waals surface area contributed by atoms with E-state index in [-0.39, 0.29) is 11.8 Å². The Labute approximate surface area is 69.9 Å². The topological polar surface area (TPSA) is 32.7 Å². The van der Waals surface area contributed by atoms with Crippen molar-refractivity contribution >= 4 is 22.7 Å². The highest BCUT2D eigenvalue weighted by atomic mass is 32.2. The highest BCUT2D eigenvalue weighted by Gasteiger charge is 2.31. The number of ketones is 1. The van der Waals surface area contributed by atoms with E-state index in [1.165, 1.54) is 0 Å². The normalized spacial score (nSPS) is 28.6. The van der Waals surface area contributed by atoms with Gasteiger partial charge in [-0.15, -0.1) is 0 Å². The number of rotatable bonds is 1. The fourth-order valence-electron chi connectivity index (χ4n) is 1.32. The Morgan fingerprint density at radius 2 is 2.64 bits per heavy atom. The predicted molar refractivity (Wildman–Crippen MR) is 45.9 cm³/mol. The van der Waals surface area contributed by atoms with E-state index >= 15 is 0 Å². The summed E-state index contributed by atoms with van der Waals surface area (Å²) in [4.78, 5) is 17.4. The first kappa shape index (κ1) is 7.16. The largest absolute Gasteiger partial charge is 0.348 e. The maximum atomic E-state index is 10.9. The summed E-state index contributed by atoms with van der Waals surface area (Å²) < 4.78 is 0. The van der Waals surface area contributed by atoms with Crippen molar-refractivity contribution in [1.82, 2.24) is 4.90 Å². The van der Waals surface area contributed by atoms with Crippen LogP contribution in [0.25, 0.3) is 0 Å². The minimum absolute atomic E-state index is 0.0715. The lowest BCUT2D eigenvalue weighted by Crippen LogP contribution is -2.27. The van der Waals surface area contributed by atoms with Gasteiger partial charge in [0, 0.05) is 18.8 Å². The third-order valence-electron chi connectivity index (χ3n) is 1.99. The predicted octanol–water partition coefficient (Wildman–Crippen LogP) is 0.362. The summed E-state index contributed by atoms with van der Waals surface area (Å²) in [6.07, 6.45) is 0. The number of carbonyl (C=O) groups excluding carboxylic acids is 1. The van der Waals surface area contributed by atoms with Crippen molar-refractivity contribution in [1.29, 1.82) is 0 Å². The Balaban J connectivity index is 2.13. The molecular weight excluding hydrogens is 160 g/mol. The zero-order chi connectivity index (χ0) is 7.84. The fourth-order valence-corrected chi connectivity index (χ4v) is 2.37. The van der Waals surface area contributed by atoms with Gasteiger partial charge in [0.05, 0.1) is 0 Å². The summed E-state index contributed by atoms with van der Waals surface area (Å²) in [6, 6.07) is -0.0715. The van der Waals surface area contributed by atoms with Crippen molar-refractivity contribution in [3.05, 3.63) is 0 Å². The minimum Gasteiger partial charge on any atom is -0.348 e. The number of carbonyl (C=O) groups is 1. The van der Waals surface area contributed by atoms with E-state index in [4.69, 9.17) is 0 Å². The van der Waals surface area contributed by atoms with E-state index in [1.807, 2.05) is 0 Å². The molecule has 0 radical (unpaired) electrons. The average molecular weight is 170 g/mol. The van der Waals surface area contributed by atoms with Crippen LogP contribution in [0.1, 0.15) is 6.92 Å². The Hall–Kier alpha value is -0.510. The number of hydrogen-bond acceptors (Lipinski definition) is 4. The first-order valence-electron chi connectivity index (χ1n) is 3.73. The molecule has 0 aromatic rings. The van der Waals surface area contributed by atoms with Crippen LogP contribution in [0, 0.1) is 0 Å². The summed E-state index contributed by atoms with van der Waals surface area (Å²) in [6.45, 7) is 3.49. The monoisotopic (exact) mass is 170 g/mol. The van der Waals surface area contributed by atoms with Gasteiger partial charge in [0.1, 0.15) is 6.04 Å². The van der Waals surface area contributed by atoms with Gasteiger partial charge in [-0.2, -0.15) is 0 Å². The highest BCUT2D eigenvalue weighted by molar-refractivity contribution is 8.14. The number of hydrogen-bond donors (Lipinski definition) is 0. The summed E-state index contributed by atoms with van der Waals surface area (Å²) in [5.41, 5.74) is 0. The molecule has 1 unspecified atom stereocenters. The zero-order valence-corrected chi connectivity index (χ0v) is 7.23. The molecule has 1 fully saturated rings. The van der Waals surface area contributed by atoms with E-state index in [0.29, 0.717) is 0 Å². The zero-order valence-electron chi connectivity index (χ0n) is 6.41. The van der Waals surface area contributed by atoms with Crippen LogP contribution in [0.5, 0.6) is 0 Å². The molecule has 3 nitrogen and oxygen atoms in total. The SMILES string of the molecule is CC(=O)C1CN2CCSC2=N1. The van der Waals surface area contributed by atoms with Gasteiger partial charge >= 0.3 is 0 Å². The van der Waals surface area contributed by atoms with Gasteiger partial charge < -0.3 is 4.90 Å². The minimum atomic E-state index is -0.0715. The summed E-state index contributed by atoms with van der Waals surface area (Å²) in [7, 11) is 0. The highest BCUT2D eigenvalue weighted by Crippen LogP contribution is 2.24. The summed E-state index contributed by atoms with van der Waals surface area (Å²) >= 11 is 1.76. The molecule has 0 aromatic heterocycles. The first-order valence-corrected chi connectivity index (χ1v) is 4.72. The lowest BCUT2D eigenvalue weighted by Gasteiger charge is -2.09. The second-order valence-electron chi connectivity index (χ2n) is 2.83. The second-order valence-corrected chi connectivity index (χ2v) is 3.89. The molecule has 0 saturated carbocycles. The van der Waals surface area contributed by atoms with Gasteiger partial charge in [-0.3, -0.25) is 4.79 Å². The average Bonchev–Trinajstić information content (AvgIpc) is 2.40. The van der Waals surface area contributed by atoms with E-state index in [2.05, 4.69) is 9.89 Å². The third kappa shape index (κ3) is 1.15. The smallest absolute Gasteiger partial charge is 0.160 e. The first-order chi connectivity index (χ1) is 5.27. The van der Waals surface area contributed by atoms with Gasteiger partial charge in [0.2, 0.25) is 0 Å². The Morgan fingerprint density at radius 3 is 3.27 bits per heavy atom. The fraction of sp³-hybridized carbons (Fsp3) is 0.714. The molecule has 1 atom stereocenters. The van der Waals surface area contributed by atoms with Gasteiger partial charge in [-0.25, -0.2) is 4.99 Å². The lowest BCUT2D eigenvalue weighted by atomic mass is 10.2. The van der Waals surface area contributed by atoms with Crippen molar-refractivity contribution in [3.8, 4) is 0 Å². The standard InChI is InChI=1S/C7H10N2OS/c1-5(10)6-4-9-2-3-11-7(9)8-6/h6H,2-4H2,1H3. The van der Waals surface area contributed by atoms with Crippen molar-refractivity contribution in [2.24, 2.45) is 4.99 Å². The Kier molecular flexibility index (Phi) is 1.64. The van der Waals surface area contributed by atoms with Crippen LogP contribution in [0.4, 0.5) is 0 Å². The molecule has 0 spiro atoms. The van der Waals surface area contributed by atoms with Crippen LogP contribution in [0.2, 0.25) is 0 Å². The number of amidine groups is 1. The number of thioether (sulfide) groups is 1. The molecule has 1 saturated heterocycles. The molecule has 0 amide bonds. The number of nitrogens with zero attached hydrogens (tertiary/aromatic N) is 2. The molecule has 11 heavy (non-hydrogen) atoms. The Bertz CT molecular complexity index is 226. The van der Waals surface area contributed by atoms with Crippen LogP contribution in [0.3, 0.4) is 0 Å². The van der Waals surface area contributed by atoms with Gasteiger partial charge in [0.15, 0.2) is 11.0 Å². The molecule has 4 heteroatoms. The molecule has 2 rings (SSSR count). The second kappa shape index (κ2) is 2.52. The molecular formula is C7H10N2OS. The van der Waals surface area contributed by atoms with Crippen molar-refractivity contribution in [2.75, 3.05) is 18.8 Å². The van der Waals surface area contributed by atoms with Crippen LogP contribution in [-0.4, -0.2) is 40.7 Å². The molecule has 0 aromatic carbocycles. The van der Waals surface area contributed by atoms with E-state index < -0.39 is 0 Å². The number of aliphatic imine (C=N–C) groups is 1. The van der Waals surface area contributed by atoms with Gasteiger partial charge in [0.25, 0.3) is 0 Å².